The molecule has 0 aliphatic heterocycles. The van der Waals surface area contributed by atoms with E-state index in [1.807, 2.05) is 0 Å². The molecule has 4 aliphatic rings. The Morgan fingerprint density at radius 3 is 2.67 bits per heavy atom. The first-order chi connectivity index (χ1) is 11.3. The normalized spacial score (nSPS) is 47.7. The molecule has 134 valence electrons. The van der Waals surface area contributed by atoms with E-state index in [0.717, 1.165) is 32.1 Å². The maximum Gasteiger partial charge on any atom is 0.302 e. The van der Waals surface area contributed by atoms with E-state index in [9.17, 15) is 9.90 Å². The Bertz CT molecular complexity index is 580. The van der Waals surface area contributed by atoms with Crippen LogP contribution in [-0.4, -0.2) is 23.3 Å². The van der Waals surface area contributed by atoms with E-state index < -0.39 is 0 Å². The van der Waals surface area contributed by atoms with Crippen molar-refractivity contribution in [3.8, 4) is 0 Å². The number of ether oxygens (including phenoxy) is 1. The van der Waals surface area contributed by atoms with Gasteiger partial charge in [-0.1, -0.05) is 25.0 Å². The molecule has 3 heteroatoms. The highest BCUT2D eigenvalue weighted by Crippen LogP contribution is 2.63. The predicted molar refractivity (Wildman–Crippen MR) is 93.3 cm³/mol. The van der Waals surface area contributed by atoms with Gasteiger partial charge in [0.25, 0.3) is 0 Å². The minimum atomic E-state index is -0.122. The maximum atomic E-state index is 11.5. The zero-order valence-corrected chi connectivity index (χ0v) is 15.4. The minimum absolute atomic E-state index is 0.107. The highest BCUT2D eigenvalue weighted by molar-refractivity contribution is 5.66. The van der Waals surface area contributed by atoms with Crippen LogP contribution in [0.4, 0.5) is 0 Å². The summed E-state index contributed by atoms with van der Waals surface area (Å²) in [6, 6.07) is 0. The summed E-state index contributed by atoms with van der Waals surface area (Å²) in [5, 5.41) is 10.1. The van der Waals surface area contributed by atoms with E-state index in [0.29, 0.717) is 11.8 Å². The third-order valence-electron chi connectivity index (χ3n) is 8.03. The summed E-state index contributed by atoms with van der Waals surface area (Å²) in [5.74, 6) is 1.25. The van der Waals surface area contributed by atoms with Crippen LogP contribution >= 0.6 is 0 Å². The first-order valence-electron chi connectivity index (χ1n) is 9.91. The lowest BCUT2D eigenvalue weighted by molar-refractivity contribution is -0.153. The fraction of sp³-hybridized carbons (Fsp3) is 0.857. The first-order valence-corrected chi connectivity index (χ1v) is 9.91. The Balaban J connectivity index is 1.64. The van der Waals surface area contributed by atoms with Gasteiger partial charge in [-0.2, -0.15) is 0 Å². The van der Waals surface area contributed by atoms with Gasteiger partial charge in [-0.05, 0) is 75.0 Å². The van der Waals surface area contributed by atoms with E-state index in [4.69, 9.17) is 4.74 Å². The van der Waals surface area contributed by atoms with Crippen LogP contribution in [0.1, 0.15) is 78.6 Å². The molecule has 24 heavy (non-hydrogen) atoms. The van der Waals surface area contributed by atoms with Gasteiger partial charge in [0, 0.05) is 12.3 Å². The molecule has 0 heterocycles. The maximum absolute atomic E-state index is 11.5. The van der Waals surface area contributed by atoms with Crippen LogP contribution in [0.25, 0.3) is 0 Å². The highest BCUT2D eigenvalue weighted by Gasteiger charge is 2.56. The second-order valence-corrected chi connectivity index (χ2v) is 9.39. The summed E-state index contributed by atoms with van der Waals surface area (Å²) >= 11 is 0. The van der Waals surface area contributed by atoms with Crippen molar-refractivity contribution in [1.82, 2.24) is 0 Å². The smallest absolute Gasteiger partial charge is 0.302 e. The molecule has 0 aromatic carbocycles. The monoisotopic (exact) mass is 332 g/mol. The van der Waals surface area contributed by atoms with Gasteiger partial charge in [0.15, 0.2) is 0 Å². The van der Waals surface area contributed by atoms with Gasteiger partial charge in [-0.25, -0.2) is 0 Å². The zero-order chi connectivity index (χ0) is 17.1. The zero-order valence-electron chi connectivity index (χ0n) is 15.4. The van der Waals surface area contributed by atoms with Crippen molar-refractivity contribution in [2.45, 2.75) is 90.8 Å². The van der Waals surface area contributed by atoms with Crippen molar-refractivity contribution in [3.63, 3.8) is 0 Å². The second kappa shape index (κ2) is 5.59. The molecule has 0 unspecified atom stereocenters. The first kappa shape index (κ1) is 16.6. The summed E-state index contributed by atoms with van der Waals surface area (Å²) in [7, 11) is 0. The molecule has 0 amide bonds. The molecule has 1 N–H and O–H groups in total. The van der Waals surface area contributed by atoms with Crippen molar-refractivity contribution in [1.29, 1.82) is 0 Å². The molecule has 0 spiro atoms. The summed E-state index contributed by atoms with van der Waals surface area (Å²) in [6.45, 7) is 6.31. The topological polar surface area (TPSA) is 46.5 Å². The number of carbonyl (C=O) groups excluding carboxylic acids is 1. The highest BCUT2D eigenvalue weighted by atomic mass is 16.5. The Labute approximate surface area is 145 Å². The van der Waals surface area contributed by atoms with E-state index in [2.05, 4.69) is 13.8 Å². The quantitative estimate of drug-likeness (QED) is 0.572. The van der Waals surface area contributed by atoms with E-state index >= 15 is 0 Å². The van der Waals surface area contributed by atoms with Gasteiger partial charge < -0.3 is 9.84 Å². The molecular formula is C21H32O3. The van der Waals surface area contributed by atoms with Gasteiger partial charge >= 0.3 is 5.97 Å². The minimum Gasteiger partial charge on any atom is -0.462 e. The largest absolute Gasteiger partial charge is 0.462 e. The Morgan fingerprint density at radius 2 is 1.92 bits per heavy atom. The van der Waals surface area contributed by atoms with Crippen molar-refractivity contribution in [3.05, 3.63) is 11.1 Å². The van der Waals surface area contributed by atoms with Gasteiger partial charge in [0.1, 0.15) is 6.10 Å². The average molecular weight is 332 g/mol. The number of esters is 1. The fourth-order valence-electron chi connectivity index (χ4n) is 6.85. The third kappa shape index (κ3) is 2.38. The molecule has 0 aromatic heterocycles. The lowest BCUT2D eigenvalue weighted by Gasteiger charge is -2.53. The fourth-order valence-corrected chi connectivity index (χ4v) is 6.85. The molecule has 3 fully saturated rings. The Morgan fingerprint density at radius 1 is 1.12 bits per heavy atom. The van der Waals surface area contributed by atoms with E-state index in [1.165, 1.54) is 25.7 Å². The van der Waals surface area contributed by atoms with E-state index in [-0.39, 0.29) is 29.0 Å². The number of hydrogen-bond acceptors (Lipinski definition) is 3. The molecule has 0 radical (unpaired) electrons. The molecule has 0 bridgehead atoms. The molecule has 0 aromatic rings. The van der Waals surface area contributed by atoms with Crippen molar-refractivity contribution in [2.24, 2.45) is 22.7 Å². The van der Waals surface area contributed by atoms with Crippen LogP contribution in [0.5, 0.6) is 0 Å². The van der Waals surface area contributed by atoms with Gasteiger partial charge in [0.05, 0.1) is 6.10 Å². The summed E-state index contributed by atoms with van der Waals surface area (Å²) in [5.41, 5.74) is 3.84. The number of allylic oxidation sites excluding steroid dienone is 2. The molecule has 0 saturated heterocycles. The number of aliphatic hydroxyl groups excluding tert-OH is 1. The van der Waals surface area contributed by atoms with Gasteiger partial charge in [0.2, 0.25) is 0 Å². The number of hydrogen-bond donors (Lipinski definition) is 1. The average Bonchev–Trinajstić information content (AvgIpc) is 2.82. The predicted octanol–water partition coefficient (Wildman–Crippen LogP) is 4.39. The lowest BCUT2D eigenvalue weighted by atomic mass is 9.53. The van der Waals surface area contributed by atoms with E-state index in [1.54, 1.807) is 18.1 Å². The molecule has 3 saturated carbocycles. The standard InChI is InChI=1S/C21H32O3/c1-13(22)24-19-7-6-18-16-8-10-20(2)12-14(23)4-5-17(20)15(16)9-11-21(18,19)3/h14,16,18-19,23H,4-12H2,1-3H3/t14-,16+,18-,19-,20+,21-/m0/s1. The van der Waals surface area contributed by atoms with Crippen LogP contribution in [0.15, 0.2) is 11.1 Å². The lowest BCUT2D eigenvalue weighted by Crippen LogP contribution is -2.46. The number of rotatable bonds is 1. The molecule has 6 atom stereocenters. The van der Waals surface area contributed by atoms with Crippen LogP contribution < -0.4 is 0 Å². The van der Waals surface area contributed by atoms with Crippen molar-refractivity contribution in [2.75, 3.05) is 0 Å². The Hall–Kier alpha value is -0.830. The number of fused-ring (bicyclic) bond motifs is 4. The van der Waals surface area contributed by atoms with Crippen LogP contribution in [0, 0.1) is 22.7 Å². The van der Waals surface area contributed by atoms with Crippen LogP contribution in [0.2, 0.25) is 0 Å². The molecular weight excluding hydrogens is 300 g/mol. The summed E-state index contributed by atoms with van der Waals surface area (Å²) < 4.78 is 5.72. The molecule has 3 nitrogen and oxygen atoms in total. The van der Waals surface area contributed by atoms with Crippen LogP contribution in [0.3, 0.4) is 0 Å². The molecule has 4 aliphatic carbocycles. The molecule has 4 rings (SSSR count). The number of carbonyl (C=O) groups is 1. The van der Waals surface area contributed by atoms with Crippen LogP contribution in [-0.2, 0) is 9.53 Å². The Kier molecular flexibility index (Phi) is 3.87. The summed E-state index contributed by atoms with van der Waals surface area (Å²) in [4.78, 5) is 11.5. The number of aliphatic hydroxyl groups is 1. The second-order valence-electron chi connectivity index (χ2n) is 9.39. The van der Waals surface area contributed by atoms with Gasteiger partial charge in [-0.15, -0.1) is 0 Å². The van der Waals surface area contributed by atoms with Gasteiger partial charge in [-0.3, -0.25) is 4.79 Å². The van der Waals surface area contributed by atoms with Crippen molar-refractivity contribution < 1.29 is 14.6 Å². The summed E-state index contributed by atoms with van der Waals surface area (Å²) in [6.07, 6.45) is 10.1. The third-order valence-corrected chi connectivity index (χ3v) is 8.03. The van der Waals surface area contributed by atoms with Crippen molar-refractivity contribution >= 4 is 5.97 Å². The SMILES string of the molecule is CC(=O)O[C@H]1CC[C@H]2[C@@H]3CC[C@]4(C)C[C@@H](O)CCC4=C3CC[C@]12C.